The molecule has 102 valence electrons. The fraction of sp³-hybridized carbons (Fsp3) is 0.250. The smallest absolute Gasteiger partial charge is 0.0680 e. The van der Waals surface area contributed by atoms with E-state index >= 15 is 0 Å². The molecule has 1 aromatic carbocycles. The molecule has 0 amide bonds. The Labute approximate surface area is 119 Å². The van der Waals surface area contributed by atoms with E-state index < -0.39 is 0 Å². The van der Waals surface area contributed by atoms with E-state index in [1.165, 1.54) is 0 Å². The third kappa shape index (κ3) is 3.34. The lowest BCUT2D eigenvalue weighted by molar-refractivity contribution is 0.629. The molecule has 20 heavy (non-hydrogen) atoms. The molecule has 0 saturated carbocycles. The summed E-state index contributed by atoms with van der Waals surface area (Å²) in [5.41, 5.74) is 8.10. The number of nitrogens with two attached hydrogens (primary N) is 1. The molecular weight excluding hydrogens is 248 g/mol. The molecule has 0 spiro atoms. The number of para-hydroxylation sites is 1. The van der Waals surface area contributed by atoms with Gasteiger partial charge in [-0.15, -0.1) is 0 Å². The van der Waals surface area contributed by atoms with Gasteiger partial charge in [-0.2, -0.15) is 5.26 Å². The van der Waals surface area contributed by atoms with E-state index in [9.17, 15) is 0 Å². The van der Waals surface area contributed by atoms with Crippen molar-refractivity contribution < 1.29 is 0 Å². The Hall–Kier alpha value is -2.38. The maximum atomic E-state index is 8.87. The average Bonchev–Trinajstić information content (AvgIpc) is 2.53. The van der Waals surface area contributed by atoms with E-state index in [0.717, 1.165) is 11.3 Å². The second-order valence-corrected chi connectivity index (χ2v) is 4.47. The van der Waals surface area contributed by atoms with Gasteiger partial charge in [0.15, 0.2) is 0 Å². The van der Waals surface area contributed by atoms with Crippen molar-refractivity contribution in [3.8, 4) is 6.07 Å². The van der Waals surface area contributed by atoms with Crippen LogP contribution in [0.2, 0.25) is 0 Å². The number of pyridine rings is 1. The molecule has 2 N–H and O–H groups in total. The molecule has 4 nitrogen and oxygen atoms in total. The molecule has 4 heteroatoms. The van der Waals surface area contributed by atoms with Gasteiger partial charge in [0.25, 0.3) is 0 Å². The summed E-state index contributed by atoms with van der Waals surface area (Å²) in [7, 11) is 0. The van der Waals surface area contributed by atoms with Gasteiger partial charge in [0.05, 0.1) is 18.5 Å². The summed E-state index contributed by atoms with van der Waals surface area (Å²) in [6.45, 7) is 1.13. The van der Waals surface area contributed by atoms with Gasteiger partial charge >= 0.3 is 0 Å². The van der Waals surface area contributed by atoms with Crippen molar-refractivity contribution in [3.63, 3.8) is 0 Å². The number of rotatable bonds is 6. The number of anilines is 1. The van der Waals surface area contributed by atoms with Crippen molar-refractivity contribution in [2.45, 2.75) is 12.5 Å². The Morgan fingerprint density at radius 2 is 2.00 bits per heavy atom. The molecule has 0 bridgehead atoms. The minimum Gasteiger partial charge on any atom is -0.362 e. The topological polar surface area (TPSA) is 65.9 Å². The average molecular weight is 266 g/mol. The molecule has 1 heterocycles. The van der Waals surface area contributed by atoms with Crippen LogP contribution < -0.4 is 10.6 Å². The summed E-state index contributed by atoms with van der Waals surface area (Å²) in [6.07, 6.45) is 4.05. The fourth-order valence-corrected chi connectivity index (χ4v) is 2.27. The quantitative estimate of drug-likeness (QED) is 0.872. The predicted octanol–water partition coefficient (Wildman–Crippen LogP) is 2.50. The molecule has 0 aliphatic carbocycles. The van der Waals surface area contributed by atoms with Crippen molar-refractivity contribution >= 4 is 5.69 Å². The number of hydrogen-bond donors (Lipinski definition) is 1. The van der Waals surface area contributed by atoms with Crippen LogP contribution in [0.3, 0.4) is 0 Å². The summed E-state index contributed by atoms with van der Waals surface area (Å²) in [4.78, 5) is 6.33. The number of nitriles is 1. The first-order valence-corrected chi connectivity index (χ1v) is 6.65. The van der Waals surface area contributed by atoms with Crippen LogP contribution in [0.15, 0.2) is 54.9 Å². The van der Waals surface area contributed by atoms with E-state index in [1.807, 2.05) is 48.7 Å². The first kappa shape index (κ1) is 14.0. The van der Waals surface area contributed by atoms with Gasteiger partial charge in [0, 0.05) is 31.2 Å². The lowest BCUT2D eigenvalue weighted by Crippen LogP contribution is -2.34. The molecule has 2 aromatic rings. The highest BCUT2D eigenvalue weighted by molar-refractivity contribution is 5.48. The van der Waals surface area contributed by atoms with E-state index in [-0.39, 0.29) is 6.04 Å². The molecule has 2 rings (SSSR count). The molecule has 1 atom stereocenters. The number of nitrogens with zero attached hydrogens (tertiary/aromatic N) is 3. The second-order valence-electron chi connectivity index (χ2n) is 4.47. The fourth-order valence-electron chi connectivity index (χ4n) is 2.27. The molecular formula is C16H18N4. The highest BCUT2D eigenvalue weighted by atomic mass is 15.2. The first-order chi connectivity index (χ1) is 9.86. The number of benzene rings is 1. The zero-order valence-electron chi connectivity index (χ0n) is 11.3. The molecule has 0 aliphatic heterocycles. The van der Waals surface area contributed by atoms with Gasteiger partial charge in [-0.25, -0.2) is 0 Å². The molecule has 0 saturated heterocycles. The van der Waals surface area contributed by atoms with Crippen molar-refractivity contribution in [2.24, 2.45) is 5.73 Å². The highest BCUT2D eigenvalue weighted by Crippen LogP contribution is 2.26. The van der Waals surface area contributed by atoms with Gasteiger partial charge in [-0.05, 0) is 23.8 Å². The van der Waals surface area contributed by atoms with E-state index in [0.29, 0.717) is 19.5 Å². The van der Waals surface area contributed by atoms with Gasteiger partial charge in [-0.1, -0.05) is 24.3 Å². The molecule has 0 fully saturated rings. The predicted molar refractivity (Wildman–Crippen MR) is 80.1 cm³/mol. The Morgan fingerprint density at radius 3 is 2.60 bits per heavy atom. The number of aromatic nitrogens is 1. The lowest BCUT2D eigenvalue weighted by atomic mass is 10.1. The standard InChI is InChI=1S/C16H18N4/c17-9-5-11-20(15-7-2-1-3-8-15)16(12-18)14-6-4-10-19-13-14/h1-4,6-8,10,13,16H,5,11-12,18H2. The third-order valence-corrected chi connectivity index (χ3v) is 3.22. The van der Waals surface area contributed by atoms with Crippen LogP contribution in [0.1, 0.15) is 18.0 Å². The van der Waals surface area contributed by atoms with Crippen LogP contribution in [0.5, 0.6) is 0 Å². The van der Waals surface area contributed by atoms with Crippen LogP contribution in [-0.2, 0) is 0 Å². The number of hydrogen-bond acceptors (Lipinski definition) is 4. The van der Waals surface area contributed by atoms with E-state index in [1.54, 1.807) is 6.20 Å². The van der Waals surface area contributed by atoms with E-state index in [2.05, 4.69) is 16.0 Å². The van der Waals surface area contributed by atoms with E-state index in [4.69, 9.17) is 11.0 Å². The summed E-state index contributed by atoms with van der Waals surface area (Å²) < 4.78 is 0. The summed E-state index contributed by atoms with van der Waals surface area (Å²) in [6, 6.07) is 16.2. The lowest BCUT2D eigenvalue weighted by Gasteiger charge is -2.32. The zero-order valence-corrected chi connectivity index (χ0v) is 11.3. The van der Waals surface area contributed by atoms with Crippen LogP contribution >= 0.6 is 0 Å². The molecule has 0 aliphatic rings. The summed E-state index contributed by atoms with van der Waals surface area (Å²) in [5, 5.41) is 8.87. The monoisotopic (exact) mass is 266 g/mol. The minimum atomic E-state index is 0.0273. The van der Waals surface area contributed by atoms with Crippen molar-refractivity contribution in [1.29, 1.82) is 5.26 Å². The highest BCUT2D eigenvalue weighted by Gasteiger charge is 2.19. The Morgan fingerprint density at radius 1 is 1.20 bits per heavy atom. The van der Waals surface area contributed by atoms with Gasteiger partial charge in [-0.3, -0.25) is 4.98 Å². The van der Waals surface area contributed by atoms with Crippen molar-refractivity contribution in [1.82, 2.24) is 4.98 Å². The van der Waals surface area contributed by atoms with Crippen LogP contribution in [0.4, 0.5) is 5.69 Å². The van der Waals surface area contributed by atoms with Crippen LogP contribution in [0, 0.1) is 11.3 Å². The summed E-state index contributed by atoms with van der Waals surface area (Å²) in [5.74, 6) is 0. The van der Waals surface area contributed by atoms with Gasteiger partial charge in [0.2, 0.25) is 0 Å². The SMILES string of the molecule is N#CCCN(c1ccccc1)C(CN)c1cccnc1. The van der Waals surface area contributed by atoms with Crippen LogP contribution in [-0.4, -0.2) is 18.1 Å². The Bertz CT molecular complexity index is 548. The Kier molecular flexibility index (Phi) is 5.10. The van der Waals surface area contributed by atoms with Gasteiger partial charge in [0.1, 0.15) is 0 Å². The maximum Gasteiger partial charge on any atom is 0.0680 e. The van der Waals surface area contributed by atoms with Gasteiger partial charge < -0.3 is 10.6 Å². The maximum absolute atomic E-state index is 8.87. The molecule has 0 radical (unpaired) electrons. The zero-order chi connectivity index (χ0) is 14.2. The summed E-state index contributed by atoms with van der Waals surface area (Å²) >= 11 is 0. The Balaban J connectivity index is 2.32. The minimum absolute atomic E-state index is 0.0273. The molecule has 1 aromatic heterocycles. The van der Waals surface area contributed by atoms with Crippen molar-refractivity contribution in [3.05, 3.63) is 60.4 Å². The van der Waals surface area contributed by atoms with Crippen molar-refractivity contribution in [2.75, 3.05) is 18.0 Å². The van der Waals surface area contributed by atoms with Crippen LogP contribution in [0.25, 0.3) is 0 Å². The third-order valence-electron chi connectivity index (χ3n) is 3.22. The normalized spacial score (nSPS) is 11.6. The second kappa shape index (κ2) is 7.27. The molecule has 1 unspecified atom stereocenters. The first-order valence-electron chi connectivity index (χ1n) is 6.65. The largest absolute Gasteiger partial charge is 0.362 e.